The van der Waals surface area contributed by atoms with Crippen LogP contribution in [0.5, 0.6) is 0 Å². The largest absolute Gasteiger partial charge is 0.480 e. The monoisotopic (exact) mass is 340 g/mol. The fourth-order valence-corrected chi connectivity index (χ4v) is 3.25. The molecule has 1 N–H and O–H groups in total. The van der Waals surface area contributed by atoms with Gasteiger partial charge in [0.15, 0.2) is 0 Å². The van der Waals surface area contributed by atoms with Crippen molar-refractivity contribution in [3.8, 4) is 0 Å². The molecule has 2 rings (SSSR count). The average molecular weight is 341 g/mol. The minimum atomic E-state index is -0.864. The smallest absolute Gasteiger partial charge is 0.317 e. The molecule has 0 saturated carbocycles. The summed E-state index contributed by atoms with van der Waals surface area (Å²) in [6, 6.07) is 13.1. The molecule has 2 aromatic carbocycles. The summed E-state index contributed by atoms with van der Waals surface area (Å²) < 4.78 is 0. The van der Waals surface area contributed by atoms with E-state index in [9.17, 15) is 9.90 Å². The van der Waals surface area contributed by atoms with E-state index in [1.807, 2.05) is 31.2 Å². The fraction of sp³-hybridized carbons (Fsp3) is 0.188. The number of halogens is 2. The number of hydrogen-bond acceptors (Lipinski definition) is 2. The van der Waals surface area contributed by atoms with Crippen LogP contribution in [-0.2, 0) is 11.2 Å². The Morgan fingerprint density at radius 3 is 2.48 bits per heavy atom. The Labute approximate surface area is 138 Å². The van der Waals surface area contributed by atoms with Gasteiger partial charge in [-0.05, 0) is 37.1 Å². The van der Waals surface area contributed by atoms with Crippen molar-refractivity contribution < 1.29 is 9.90 Å². The number of benzene rings is 2. The Balaban J connectivity index is 2.18. The Kier molecular flexibility index (Phi) is 5.57. The van der Waals surface area contributed by atoms with Crippen molar-refractivity contribution in [1.29, 1.82) is 0 Å². The maximum atomic E-state index is 11.5. The second-order valence-electron chi connectivity index (χ2n) is 4.67. The summed E-state index contributed by atoms with van der Waals surface area (Å²) in [5.74, 6) is -0.864. The van der Waals surface area contributed by atoms with E-state index < -0.39 is 11.2 Å². The van der Waals surface area contributed by atoms with Crippen molar-refractivity contribution >= 4 is 40.9 Å². The lowest BCUT2D eigenvalue weighted by Gasteiger charge is -2.14. The van der Waals surface area contributed by atoms with E-state index in [2.05, 4.69) is 0 Å². The summed E-state index contributed by atoms with van der Waals surface area (Å²) in [6.07, 6.45) is 0.327. The molecule has 0 aliphatic heterocycles. The van der Waals surface area contributed by atoms with Crippen molar-refractivity contribution in [2.75, 3.05) is 0 Å². The number of carbonyl (C=O) groups is 1. The Bertz CT molecular complexity index is 641. The second-order valence-corrected chi connectivity index (χ2v) is 6.74. The predicted molar refractivity (Wildman–Crippen MR) is 88.6 cm³/mol. The van der Waals surface area contributed by atoms with Crippen molar-refractivity contribution in [2.45, 2.75) is 23.5 Å². The van der Waals surface area contributed by atoms with Crippen molar-refractivity contribution in [1.82, 2.24) is 0 Å². The third-order valence-electron chi connectivity index (χ3n) is 3.01. The molecule has 1 atom stereocenters. The van der Waals surface area contributed by atoms with Crippen molar-refractivity contribution in [3.63, 3.8) is 0 Å². The summed E-state index contributed by atoms with van der Waals surface area (Å²) in [6.45, 7) is 1.99. The zero-order valence-electron chi connectivity index (χ0n) is 11.3. The summed E-state index contributed by atoms with van der Waals surface area (Å²) in [7, 11) is 0. The van der Waals surface area contributed by atoms with E-state index in [0.717, 1.165) is 16.0 Å². The maximum absolute atomic E-state index is 11.5. The van der Waals surface area contributed by atoms with Crippen LogP contribution in [0.1, 0.15) is 11.1 Å². The second kappa shape index (κ2) is 7.21. The quantitative estimate of drug-likeness (QED) is 0.770. The molecular formula is C16H14Cl2O2S. The number of rotatable bonds is 5. The van der Waals surface area contributed by atoms with Crippen LogP contribution in [0.15, 0.2) is 47.4 Å². The topological polar surface area (TPSA) is 37.3 Å². The number of carboxylic acid groups (broad SMARTS) is 1. The van der Waals surface area contributed by atoms with E-state index in [-0.39, 0.29) is 0 Å². The lowest BCUT2D eigenvalue weighted by Crippen LogP contribution is -2.19. The molecule has 2 nitrogen and oxygen atoms in total. The number of aliphatic carboxylic acids is 1. The first kappa shape index (κ1) is 16.2. The highest BCUT2D eigenvalue weighted by atomic mass is 35.5. The summed E-state index contributed by atoms with van der Waals surface area (Å²) in [4.78, 5) is 12.4. The standard InChI is InChI=1S/C16H14Cl2O2S/c1-10-5-7-12(8-6-10)21-14(16(19)20)9-11-3-2-4-13(17)15(11)18/h2-8,14H,9H2,1H3,(H,19,20). The molecule has 0 aromatic heterocycles. The van der Waals surface area contributed by atoms with E-state index in [1.165, 1.54) is 11.8 Å². The van der Waals surface area contributed by atoms with E-state index in [1.54, 1.807) is 18.2 Å². The lowest BCUT2D eigenvalue weighted by atomic mass is 10.1. The van der Waals surface area contributed by atoms with Crippen LogP contribution in [0.4, 0.5) is 0 Å². The van der Waals surface area contributed by atoms with Gasteiger partial charge in [0.25, 0.3) is 0 Å². The molecule has 21 heavy (non-hydrogen) atoms. The van der Waals surface area contributed by atoms with Crippen LogP contribution in [0.3, 0.4) is 0 Å². The molecular weight excluding hydrogens is 327 g/mol. The molecule has 110 valence electrons. The van der Waals surface area contributed by atoms with Gasteiger partial charge in [0, 0.05) is 4.90 Å². The molecule has 0 heterocycles. The van der Waals surface area contributed by atoms with Crippen LogP contribution in [0.25, 0.3) is 0 Å². The van der Waals surface area contributed by atoms with Crippen molar-refractivity contribution in [2.24, 2.45) is 0 Å². The summed E-state index contributed by atoms with van der Waals surface area (Å²) >= 11 is 13.4. The minimum Gasteiger partial charge on any atom is -0.480 e. The average Bonchev–Trinajstić information content (AvgIpc) is 2.45. The van der Waals surface area contributed by atoms with Gasteiger partial charge < -0.3 is 5.11 Å². The summed E-state index contributed by atoms with van der Waals surface area (Å²) in [5.41, 5.74) is 1.89. The molecule has 1 unspecified atom stereocenters. The highest BCUT2D eigenvalue weighted by Crippen LogP contribution is 2.31. The molecule has 0 spiro atoms. The first-order chi connectivity index (χ1) is 9.97. The Morgan fingerprint density at radius 2 is 1.86 bits per heavy atom. The van der Waals surface area contributed by atoms with Gasteiger partial charge in [-0.2, -0.15) is 0 Å². The van der Waals surface area contributed by atoms with Crippen molar-refractivity contribution in [3.05, 3.63) is 63.6 Å². The zero-order chi connectivity index (χ0) is 15.4. The third kappa shape index (κ3) is 4.40. The first-order valence-corrected chi connectivity index (χ1v) is 8.00. The number of hydrogen-bond donors (Lipinski definition) is 1. The van der Waals surface area contributed by atoms with Crippen LogP contribution in [0.2, 0.25) is 10.0 Å². The predicted octanol–water partition coefficient (Wildman–Crippen LogP) is 5.09. The van der Waals surface area contributed by atoms with Gasteiger partial charge in [-0.1, -0.05) is 53.0 Å². The number of aryl methyl sites for hydroxylation is 1. The maximum Gasteiger partial charge on any atom is 0.317 e. The fourth-order valence-electron chi connectivity index (χ4n) is 1.87. The Morgan fingerprint density at radius 1 is 1.19 bits per heavy atom. The molecule has 0 bridgehead atoms. The minimum absolute atomic E-state index is 0.327. The van der Waals surface area contributed by atoms with Gasteiger partial charge in [-0.3, -0.25) is 4.79 Å². The normalized spacial score (nSPS) is 12.1. The van der Waals surface area contributed by atoms with Gasteiger partial charge in [0.2, 0.25) is 0 Å². The molecule has 2 aromatic rings. The molecule has 0 saturated heterocycles. The highest BCUT2D eigenvalue weighted by molar-refractivity contribution is 8.00. The molecule has 0 radical (unpaired) electrons. The molecule has 5 heteroatoms. The van der Waals surface area contributed by atoms with Gasteiger partial charge in [-0.15, -0.1) is 11.8 Å². The van der Waals surface area contributed by atoms with E-state index in [0.29, 0.717) is 16.5 Å². The zero-order valence-corrected chi connectivity index (χ0v) is 13.7. The van der Waals surface area contributed by atoms with Gasteiger partial charge in [0.1, 0.15) is 5.25 Å². The number of thioether (sulfide) groups is 1. The van der Waals surface area contributed by atoms with Gasteiger partial charge in [0.05, 0.1) is 10.0 Å². The lowest BCUT2D eigenvalue weighted by molar-refractivity contribution is -0.136. The van der Waals surface area contributed by atoms with Gasteiger partial charge in [-0.25, -0.2) is 0 Å². The van der Waals surface area contributed by atoms with E-state index in [4.69, 9.17) is 23.2 Å². The molecule has 0 aliphatic rings. The van der Waals surface area contributed by atoms with E-state index >= 15 is 0 Å². The van der Waals surface area contributed by atoms with Crippen LogP contribution in [0, 0.1) is 6.92 Å². The number of carboxylic acids is 1. The third-order valence-corrected chi connectivity index (χ3v) is 5.07. The first-order valence-electron chi connectivity index (χ1n) is 6.36. The highest BCUT2D eigenvalue weighted by Gasteiger charge is 2.21. The summed E-state index contributed by atoms with van der Waals surface area (Å²) in [5, 5.41) is 9.68. The molecule has 0 fully saturated rings. The Hall–Kier alpha value is -1.16. The van der Waals surface area contributed by atoms with Crippen LogP contribution in [-0.4, -0.2) is 16.3 Å². The molecule has 0 aliphatic carbocycles. The van der Waals surface area contributed by atoms with Crippen LogP contribution >= 0.6 is 35.0 Å². The molecule has 0 amide bonds. The van der Waals surface area contributed by atoms with Gasteiger partial charge >= 0.3 is 5.97 Å². The SMILES string of the molecule is Cc1ccc(SC(Cc2cccc(Cl)c2Cl)C(=O)O)cc1. The van der Waals surface area contributed by atoms with Crippen LogP contribution < -0.4 is 0 Å².